The minimum Gasteiger partial charge on any atom is -0.465 e. The molecule has 0 saturated heterocycles. The molecular weight excluding hydrogens is 370 g/mol. The van der Waals surface area contributed by atoms with Crippen LogP contribution in [0.4, 0.5) is 10.6 Å². The topological polar surface area (TPSA) is 101 Å². The average molecular weight is 386 g/mol. The maximum atomic E-state index is 12.0. The molecule has 0 bridgehead atoms. The minimum atomic E-state index is -1.15. The van der Waals surface area contributed by atoms with Crippen LogP contribution in [0.15, 0.2) is 36.9 Å². The molecule has 0 fully saturated rings. The van der Waals surface area contributed by atoms with Gasteiger partial charge in [0.05, 0.1) is 18.4 Å². The van der Waals surface area contributed by atoms with Crippen LogP contribution in [0, 0.1) is 0 Å². The molecule has 10 heteroatoms. The van der Waals surface area contributed by atoms with E-state index in [0.717, 1.165) is 10.5 Å². The van der Waals surface area contributed by atoms with Crippen molar-refractivity contribution in [3.63, 3.8) is 0 Å². The fourth-order valence-electron chi connectivity index (χ4n) is 2.90. The Morgan fingerprint density at radius 3 is 2.89 bits per heavy atom. The van der Waals surface area contributed by atoms with Crippen molar-refractivity contribution in [2.24, 2.45) is 0 Å². The predicted molar refractivity (Wildman–Crippen MR) is 99.3 cm³/mol. The standard InChI is InChI=1S/C17H16ClN7O2/c1-10(2)12-7-20-25-14(6-13(18)22-15(12)25)24(17(26)27)9-11-8-23-5-3-4-19-16(23)21-11/h3-8,10H,9H2,1-2H3,(H,26,27). The molecule has 0 spiro atoms. The summed E-state index contributed by atoms with van der Waals surface area (Å²) in [6.45, 7) is 4.04. The van der Waals surface area contributed by atoms with Gasteiger partial charge in [0, 0.05) is 30.2 Å². The number of aromatic nitrogens is 6. The molecule has 0 aliphatic heterocycles. The van der Waals surface area contributed by atoms with Crippen LogP contribution in [0.25, 0.3) is 11.4 Å². The van der Waals surface area contributed by atoms with Crippen molar-refractivity contribution >= 4 is 34.9 Å². The van der Waals surface area contributed by atoms with Gasteiger partial charge in [0.25, 0.3) is 0 Å². The van der Waals surface area contributed by atoms with E-state index in [4.69, 9.17) is 11.6 Å². The first-order valence-electron chi connectivity index (χ1n) is 8.27. The largest absolute Gasteiger partial charge is 0.465 e. The normalized spacial score (nSPS) is 11.6. The quantitative estimate of drug-likeness (QED) is 0.541. The third-order valence-corrected chi connectivity index (χ3v) is 4.38. The van der Waals surface area contributed by atoms with Crippen molar-refractivity contribution in [2.75, 3.05) is 4.90 Å². The molecule has 9 nitrogen and oxygen atoms in total. The molecule has 138 valence electrons. The van der Waals surface area contributed by atoms with E-state index in [0.29, 0.717) is 22.9 Å². The van der Waals surface area contributed by atoms with E-state index >= 15 is 0 Å². The summed E-state index contributed by atoms with van der Waals surface area (Å²) in [6.07, 6.45) is 5.70. The smallest absolute Gasteiger partial charge is 0.413 e. The summed E-state index contributed by atoms with van der Waals surface area (Å²) in [6, 6.07) is 3.25. The molecule has 0 aliphatic rings. The zero-order valence-corrected chi connectivity index (χ0v) is 15.4. The molecule has 4 aromatic heterocycles. The van der Waals surface area contributed by atoms with Gasteiger partial charge in [-0.2, -0.15) is 9.61 Å². The zero-order valence-electron chi connectivity index (χ0n) is 14.6. The lowest BCUT2D eigenvalue weighted by atomic mass is 10.1. The maximum Gasteiger partial charge on any atom is 0.413 e. The number of hydrogen-bond donors (Lipinski definition) is 1. The first-order chi connectivity index (χ1) is 12.9. The van der Waals surface area contributed by atoms with E-state index in [-0.39, 0.29) is 17.6 Å². The number of carbonyl (C=O) groups is 1. The summed E-state index contributed by atoms with van der Waals surface area (Å²) in [5.41, 5.74) is 1.98. The van der Waals surface area contributed by atoms with Gasteiger partial charge in [-0.3, -0.25) is 9.30 Å². The second-order valence-electron chi connectivity index (χ2n) is 6.36. The van der Waals surface area contributed by atoms with E-state index in [1.807, 2.05) is 13.8 Å². The monoisotopic (exact) mass is 385 g/mol. The first kappa shape index (κ1) is 17.2. The minimum absolute atomic E-state index is 0.0189. The average Bonchev–Trinajstić information content (AvgIpc) is 3.22. The Hall–Kier alpha value is -3.20. The highest BCUT2D eigenvalue weighted by Gasteiger charge is 2.23. The van der Waals surface area contributed by atoms with Gasteiger partial charge < -0.3 is 5.11 Å². The summed E-state index contributed by atoms with van der Waals surface area (Å²) >= 11 is 6.17. The number of halogens is 1. The first-order valence-corrected chi connectivity index (χ1v) is 8.65. The molecule has 0 saturated carbocycles. The van der Waals surface area contributed by atoms with E-state index in [1.54, 1.807) is 35.3 Å². The summed E-state index contributed by atoms with van der Waals surface area (Å²) in [5, 5.41) is 14.3. The maximum absolute atomic E-state index is 12.0. The van der Waals surface area contributed by atoms with Crippen LogP contribution >= 0.6 is 11.6 Å². The van der Waals surface area contributed by atoms with Crippen molar-refractivity contribution in [3.8, 4) is 0 Å². The summed E-state index contributed by atoms with van der Waals surface area (Å²) in [7, 11) is 0. The van der Waals surface area contributed by atoms with Gasteiger partial charge in [-0.1, -0.05) is 25.4 Å². The van der Waals surface area contributed by atoms with Crippen LogP contribution in [0.2, 0.25) is 5.15 Å². The van der Waals surface area contributed by atoms with Crippen LogP contribution in [0.3, 0.4) is 0 Å². The molecule has 4 rings (SSSR count). The van der Waals surface area contributed by atoms with Gasteiger partial charge in [0.2, 0.25) is 5.78 Å². The molecular formula is C17H16ClN7O2. The Kier molecular flexibility index (Phi) is 4.15. The molecule has 1 amide bonds. The summed E-state index contributed by atoms with van der Waals surface area (Å²) in [5.74, 6) is 0.968. The number of hydrogen-bond acceptors (Lipinski definition) is 5. The van der Waals surface area contributed by atoms with Crippen molar-refractivity contribution in [1.82, 2.24) is 29.0 Å². The van der Waals surface area contributed by atoms with Gasteiger partial charge in [-0.15, -0.1) is 0 Å². The number of amides is 1. The van der Waals surface area contributed by atoms with Crippen molar-refractivity contribution < 1.29 is 9.90 Å². The van der Waals surface area contributed by atoms with Gasteiger partial charge in [0.15, 0.2) is 5.65 Å². The van der Waals surface area contributed by atoms with Crippen LogP contribution in [-0.4, -0.2) is 40.2 Å². The lowest BCUT2D eigenvalue weighted by Gasteiger charge is -2.19. The molecule has 1 N–H and O–H groups in total. The van der Waals surface area contributed by atoms with Gasteiger partial charge in [-0.25, -0.2) is 19.7 Å². The van der Waals surface area contributed by atoms with Crippen molar-refractivity contribution in [2.45, 2.75) is 26.3 Å². The fourth-order valence-corrected chi connectivity index (χ4v) is 3.08. The highest BCUT2D eigenvalue weighted by Crippen LogP contribution is 2.27. The SMILES string of the molecule is CC(C)c1cnn2c(N(Cc3cn4cccnc4n3)C(=O)O)cc(Cl)nc12. The second kappa shape index (κ2) is 6.51. The predicted octanol–water partition coefficient (Wildman–Crippen LogP) is 3.23. The fraction of sp³-hybridized carbons (Fsp3) is 0.235. The van der Waals surface area contributed by atoms with Crippen LogP contribution in [0.1, 0.15) is 31.0 Å². The van der Waals surface area contributed by atoms with E-state index in [9.17, 15) is 9.90 Å². The summed E-state index contributed by atoms with van der Waals surface area (Å²) in [4.78, 5) is 26.0. The Labute approximate surface area is 158 Å². The number of anilines is 1. The Balaban J connectivity index is 1.81. The van der Waals surface area contributed by atoms with Crippen LogP contribution < -0.4 is 4.90 Å². The van der Waals surface area contributed by atoms with Gasteiger partial charge >= 0.3 is 6.09 Å². The van der Waals surface area contributed by atoms with Crippen LogP contribution in [-0.2, 0) is 6.54 Å². The third-order valence-electron chi connectivity index (χ3n) is 4.18. The molecule has 0 aromatic carbocycles. The third kappa shape index (κ3) is 3.06. The lowest BCUT2D eigenvalue weighted by molar-refractivity contribution is 0.201. The van der Waals surface area contributed by atoms with Crippen molar-refractivity contribution in [3.05, 3.63) is 53.3 Å². The molecule has 0 aliphatic carbocycles. The number of nitrogens with zero attached hydrogens (tertiary/aromatic N) is 7. The Bertz CT molecular complexity index is 1120. The molecule has 0 atom stereocenters. The summed E-state index contributed by atoms with van der Waals surface area (Å²) < 4.78 is 3.22. The molecule has 0 radical (unpaired) electrons. The van der Waals surface area contributed by atoms with E-state index < -0.39 is 6.09 Å². The van der Waals surface area contributed by atoms with Gasteiger partial charge in [0.1, 0.15) is 11.0 Å². The van der Waals surface area contributed by atoms with E-state index in [1.165, 1.54) is 10.6 Å². The Morgan fingerprint density at radius 1 is 1.37 bits per heavy atom. The highest BCUT2D eigenvalue weighted by atomic mass is 35.5. The number of imidazole rings is 1. The molecule has 4 heterocycles. The zero-order chi connectivity index (χ0) is 19.1. The van der Waals surface area contributed by atoms with Gasteiger partial charge in [-0.05, 0) is 12.0 Å². The molecule has 27 heavy (non-hydrogen) atoms. The van der Waals surface area contributed by atoms with Crippen LogP contribution in [0.5, 0.6) is 0 Å². The van der Waals surface area contributed by atoms with E-state index in [2.05, 4.69) is 20.1 Å². The van der Waals surface area contributed by atoms with Crippen molar-refractivity contribution in [1.29, 1.82) is 0 Å². The lowest BCUT2D eigenvalue weighted by Crippen LogP contribution is -2.31. The Morgan fingerprint density at radius 2 is 2.19 bits per heavy atom. The number of rotatable bonds is 4. The number of fused-ring (bicyclic) bond motifs is 2. The molecule has 4 aromatic rings. The second-order valence-corrected chi connectivity index (χ2v) is 6.74. The number of carboxylic acid groups (broad SMARTS) is 1. The molecule has 0 unspecified atom stereocenters. The highest BCUT2D eigenvalue weighted by molar-refractivity contribution is 6.29.